The molecule has 0 aromatic heterocycles. The molecule has 94 valence electrons. The quantitative estimate of drug-likeness (QED) is 0.868. The molecular weight excluding hydrogens is 220 g/mol. The minimum absolute atomic E-state index is 0.630. The average molecular weight is 240 g/mol. The van der Waals surface area contributed by atoms with Gasteiger partial charge in [-0.3, -0.25) is 4.90 Å². The number of rotatable bonds is 2. The van der Waals surface area contributed by atoms with E-state index in [2.05, 4.69) is 59.6 Å². The molecule has 3 rings (SSSR count). The molecule has 2 aromatic rings. The number of hydrogen-bond donors (Lipinski definition) is 1. The van der Waals surface area contributed by atoms with Gasteiger partial charge in [-0.1, -0.05) is 36.4 Å². The van der Waals surface area contributed by atoms with Gasteiger partial charge in [0.25, 0.3) is 0 Å². The van der Waals surface area contributed by atoms with Crippen LogP contribution < -0.4 is 5.32 Å². The summed E-state index contributed by atoms with van der Waals surface area (Å²) >= 11 is 0. The van der Waals surface area contributed by atoms with Crippen LogP contribution in [0.4, 0.5) is 0 Å². The van der Waals surface area contributed by atoms with Gasteiger partial charge >= 0.3 is 0 Å². The molecule has 1 saturated heterocycles. The second-order valence-electron chi connectivity index (χ2n) is 5.21. The van der Waals surface area contributed by atoms with E-state index in [4.69, 9.17) is 0 Å². The Hall–Kier alpha value is -1.38. The van der Waals surface area contributed by atoms with Crippen molar-refractivity contribution in [2.45, 2.75) is 19.5 Å². The fourth-order valence-corrected chi connectivity index (χ4v) is 2.69. The van der Waals surface area contributed by atoms with Gasteiger partial charge in [0.15, 0.2) is 0 Å². The fourth-order valence-electron chi connectivity index (χ4n) is 2.69. The Kier molecular flexibility index (Phi) is 3.31. The van der Waals surface area contributed by atoms with Crippen molar-refractivity contribution >= 4 is 10.8 Å². The molecule has 1 fully saturated rings. The van der Waals surface area contributed by atoms with Gasteiger partial charge in [0.1, 0.15) is 0 Å². The molecule has 1 N–H and O–H groups in total. The molecule has 0 aliphatic carbocycles. The zero-order chi connectivity index (χ0) is 12.4. The van der Waals surface area contributed by atoms with E-state index in [0.29, 0.717) is 6.04 Å². The highest BCUT2D eigenvalue weighted by Crippen LogP contribution is 2.18. The van der Waals surface area contributed by atoms with Crippen molar-refractivity contribution in [3.8, 4) is 0 Å². The van der Waals surface area contributed by atoms with Gasteiger partial charge < -0.3 is 5.32 Å². The van der Waals surface area contributed by atoms with Crippen molar-refractivity contribution < 1.29 is 0 Å². The summed E-state index contributed by atoms with van der Waals surface area (Å²) < 4.78 is 0. The fraction of sp³-hybridized carbons (Fsp3) is 0.375. The van der Waals surface area contributed by atoms with Crippen molar-refractivity contribution in [1.82, 2.24) is 10.2 Å². The van der Waals surface area contributed by atoms with Gasteiger partial charge in [0.2, 0.25) is 0 Å². The first-order chi connectivity index (χ1) is 8.83. The van der Waals surface area contributed by atoms with Gasteiger partial charge in [-0.15, -0.1) is 0 Å². The third kappa shape index (κ3) is 2.40. The van der Waals surface area contributed by atoms with Crippen LogP contribution >= 0.6 is 0 Å². The number of nitrogens with one attached hydrogen (secondary N) is 1. The summed E-state index contributed by atoms with van der Waals surface area (Å²) in [5, 5.41) is 6.11. The van der Waals surface area contributed by atoms with Crippen LogP contribution in [-0.4, -0.2) is 30.6 Å². The van der Waals surface area contributed by atoms with E-state index >= 15 is 0 Å². The molecule has 1 atom stereocenters. The van der Waals surface area contributed by atoms with Crippen LogP contribution in [0.15, 0.2) is 42.5 Å². The average Bonchev–Trinajstić information content (AvgIpc) is 2.41. The molecular formula is C16H20N2. The van der Waals surface area contributed by atoms with Crippen LogP contribution in [0.25, 0.3) is 10.8 Å². The van der Waals surface area contributed by atoms with Crippen molar-refractivity contribution in [2.75, 3.05) is 19.6 Å². The maximum absolute atomic E-state index is 3.44. The van der Waals surface area contributed by atoms with Crippen molar-refractivity contribution in [2.24, 2.45) is 0 Å². The number of nitrogens with zero attached hydrogens (tertiary/aromatic N) is 1. The minimum atomic E-state index is 0.630. The van der Waals surface area contributed by atoms with E-state index in [9.17, 15) is 0 Å². The zero-order valence-corrected chi connectivity index (χ0v) is 10.9. The summed E-state index contributed by atoms with van der Waals surface area (Å²) in [4.78, 5) is 2.56. The summed E-state index contributed by atoms with van der Waals surface area (Å²) in [6.45, 7) is 6.72. The molecule has 2 aromatic carbocycles. The maximum atomic E-state index is 3.44. The summed E-state index contributed by atoms with van der Waals surface area (Å²) in [5.74, 6) is 0. The van der Waals surface area contributed by atoms with Crippen LogP contribution in [-0.2, 0) is 6.54 Å². The lowest BCUT2D eigenvalue weighted by Gasteiger charge is -2.33. The van der Waals surface area contributed by atoms with Crippen LogP contribution in [0, 0.1) is 0 Å². The van der Waals surface area contributed by atoms with Gasteiger partial charge in [-0.05, 0) is 29.3 Å². The molecule has 0 spiro atoms. The molecule has 1 heterocycles. The number of hydrogen-bond acceptors (Lipinski definition) is 2. The van der Waals surface area contributed by atoms with Crippen LogP contribution in [0.2, 0.25) is 0 Å². The van der Waals surface area contributed by atoms with E-state index in [0.717, 1.165) is 26.2 Å². The van der Waals surface area contributed by atoms with Crippen LogP contribution in [0.1, 0.15) is 12.5 Å². The molecule has 0 bridgehead atoms. The first-order valence-corrected chi connectivity index (χ1v) is 6.75. The Morgan fingerprint density at radius 2 is 2.00 bits per heavy atom. The Morgan fingerprint density at radius 3 is 2.83 bits per heavy atom. The molecule has 1 aliphatic heterocycles. The molecule has 1 aliphatic rings. The Morgan fingerprint density at radius 1 is 1.17 bits per heavy atom. The Labute approximate surface area is 109 Å². The first-order valence-electron chi connectivity index (χ1n) is 6.75. The van der Waals surface area contributed by atoms with E-state index < -0.39 is 0 Å². The number of piperazine rings is 1. The molecule has 0 saturated carbocycles. The standard InChI is InChI=1S/C16H20N2/c1-13-11-17-8-9-18(13)12-14-6-7-15-4-2-3-5-16(15)10-14/h2-7,10,13,17H,8-9,11-12H2,1H3. The highest BCUT2D eigenvalue weighted by Gasteiger charge is 2.17. The number of benzene rings is 2. The minimum Gasteiger partial charge on any atom is -0.314 e. The SMILES string of the molecule is CC1CNCCN1Cc1ccc2ccccc2c1. The van der Waals surface area contributed by atoms with E-state index in [1.54, 1.807) is 0 Å². The van der Waals surface area contributed by atoms with Gasteiger partial charge in [0.05, 0.1) is 0 Å². The highest BCUT2D eigenvalue weighted by molar-refractivity contribution is 5.82. The molecule has 2 nitrogen and oxygen atoms in total. The third-order valence-electron chi connectivity index (χ3n) is 3.84. The number of fused-ring (bicyclic) bond motifs is 1. The van der Waals surface area contributed by atoms with Gasteiger partial charge in [-0.25, -0.2) is 0 Å². The Balaban J connectivity index is 1.81. The lowest BCUT2D eigenvalue weighted by Crippen LogP contribution is -2.49. The molecule has 0 amide bonds. The zero-order valence-electron chi connectivity index (χ0n) is 10.9. The normalized spacial score (nSPS) is 21.3. The third-order valence-corrected chi connectivity index (χ3v) is 3.84. The van der Waals surface area contributed by atoms with Crippen LogP contribution in [0.5, 0.6) is 0 Å². The second kappa shape index (κ2) is 5.09. The summed E-state index contributed by atoms with van der Waals surface area (Å²) in [7, 11) is 0. The highest BCUT2D eigenvalue weighted by atomic mass is 15.2. The first kappa shape index (κ1) is 11.7. The predicted molar refractivity (Wildman–Crippen MR) is 76.7 cm³/mol. The topological polar surface area (TPSA) is 15.3 Å². The lowest BCUT2D eigenvalue weighted by atomic mass is 10.1. The summed E-state index contributed by atoms with van der Waals surface area (Å²) in [6, 6.07) is 16.0. The van der Waals surface area contributed by atoms with E-state index in [1.807, 2.05) is 0 Å². The van der Waals surface area contributed by atoms with E-state index in [-0.39, 0.29) is 0 Å². The van der Waals surface area contributed by atoms with Crippen LogP contribution in [0.3, 0.4) is 0 Å². The van der Waals surface area contributed by atoms with E-state index in [1.165, 1.54) is 16.3 Å². The predicted octanol–water partition coefficient (Wildman–Crippen LogP) is 2.63. The van der Waals surface area contributed by atoms with Crippen molar-refractivity contribution in [1.29, 1.82) is 0 Å². The van der Waals surface area contributed by atoms with Crippen molar-refractivity contribution in [3.63, 3.8) is 0 Å². The largest absolute Gasteiger partial charge is 0.314 e. The maximum Gasteiger partial charge on any atom is 0.0237 e. The summed E-state index contributed by atoms with van der Waals surface area (Å²) in [5.41, 5.74) is 1.42. The molecule has 2 heteroatoms. The van der Waals surface area contributed by atoms with Crippen molar-refractivity contribution in [3.05, 3.63) is 48.0 Å². The molecule has 1 unspecified atom stereocenters. The molecule has 18 heavy (non-hydrogen) atoms. The lowest BCUT2D eigenvalue weighted by molar-refractivity contribution is 0.166. The summed E-state index contributed by atoms with van der Waals surface area (Å²) in [6.07, 6.45) is 0. The smallest absolute Gasteiger partial charge is 0.0237 e. The van der Waals surface area contributed by atoms with Gasteiger partial charge in [0, 0.05) is 32.2 Å². The van der Waals surface area contributed by atoms with Gasteiger partial charge in [-0.2, -0.15) is 0 Å². The monoisotopic (exact) mass is 240 g/mol. The second-order valence-corrected chi connectivity index (χ2v) is 5.21. The molecule has 0 radical (unpaired) electrons. The Bertz CT molecular complexity index is 535.